The highest BCUT2D eigenvalue weighted by molar-refractivity contribution is 7.99. The number of thioether (sulfide) groups is 1. The highest BCUT2D eigenvalue weighted by atomic mass is 35.5. The van der Waals surface area contributed by atoms with E-state index in [0.29, 0.717) is 10.2 Å². The molecule has 4 rings (SSSR count). The maximum atomic E-state index is 12.5. The first-order chi connectivity index (χ1) is 15.6. The van der Waals surface area contributed by atoms with Gasteiger partial charge >= 0.3 is 0 Å². The fourth-order valence-corrected chi connectivity index (χ4v) is 4.88. The van der Waals surface area contributed by atoms with Crippen LogP contribution in [0.1, 0.15) is 18.3 Å². The summed E-state index contributed by atoms with van der Waals surface area (Å²) in [6.07, 6.45) is 1.72. The van der Waals surface area contributed by atoms with Gasteiger partial charge in [-0.2, -0.15) is 0 Å². The van der Waals surface area contributed by atoms with Crippen LogP contribution in [0, 0.1) is 0 Å². The molecule has 0 unspecified atom stereocenters. The van der Waals surface area contributed by atoms with Crippen LogP contribution >= 0.6 is 34.7 Å². The second kappa shape index (κ2) is 10.8. The number of halogens is 1. The van der Waals surface area contributed by atoms with Crippen LogP contribution in [0.2, 0.25) is 5.02 Å². The summed E-state index contributed by atoms with van der Waals surface area (Å²) in [6, 6.07) is 17.8. The maximum absolute atomic E-state index is 12.5. The number of anilines is 1. The second-order valence-electron chi connectivity index (χ2n) is 7.01. The largest absolute Gasteiger partial charge is 0.306 e. The standard InChI is InChI=1S/C23H22ClN5OS2/c1-2-29-20(13-8-16-6-4-3-5-7-16)27-28-23(29)32-15-21(30)26-22-25-19(14-31-22)17-9-11-18(24)12-10-17/h3-7,9-12,14H,2,8,13,15H2,1H3,(H,25,26,30). The summed E-state index contributed by atoms with van der Waals surface area (Å²) in [7, 11) is 0. The average Bonchev–Trinajstić information content (AvgIpc) is 3.44. The molecule has 9 heteroatoms. The Morgan fingerprint density at radius 1 is 1.09 bits per heavy atom. The average molecular weight is 484 g/mol. The van der Waals surface area contributed by atoms with Crippen molar-refractivity contribution in [3.05, 3.63) is 76.4 Å². The Labute approximate surface area is 200 Å². The van der Waals surface area contributed by atoms with Gasteiger partial charge in [0.25, 0.3) is 0 Å². The van der Waals surface area contributed by atoms with E-state index in [9.17, 15) is 4.79 Å². The number of amides is 1. The molecule has 0 aliphatic carbocycles. The van der Waals surface area contributed by atoms with Crippen molar-refractivity contribution in [3.63, 3.8) is 0 Å². The molecule has 0 saturated carbocycles. The number of nitrogens with one attached hydrogen (secondary N) is 1. The fourth-order valence-electron chi connectivity index (χ4n) is 3.20. The zero-order valence-corrected chi connectivity index (χ0v) is 19.9. The first kappa shape index (κ1) is 22.5. The predicted octanol–water partition coefficient (Wildman–Crippen LogP) is 5.59. The van der Waals surface area contributed by atoms with Gasteiger partial charge in [-0.3, -0.25) is 4.79 Å². The maximum Gasteiger partial charge on any atom is 0.236 e. The van der Waals surface area contributed by atoms with Crippen LogP contribution in [0.3, 0.4) is 0 Å². The summed E-state index contributed by atoms with van der Waals surface area (Å²) in [4.78, 5) is 17.0. The van der Waals surface area contributed by atoms with Crippen molar-refractivity contribution < 1.29 is 4.79 Å². The van der Waals surface area contributed by atoms with E-state index in [1.54, 1.807) is 0 Å². The summed E-state index contributed by atoms with van der Waals surface area (Å²) in [5, 5.41) is 15.4. The first-order valence-corrected chi connectivity index (χ1v) is 12.5. The molecule has 2 aromatic carbocycles. The molecule has 4 aromatic rings. The van der Waals surface area contributed by atoms with E-state index in [1.165, 1.54) is 28.7 Å². The van der Waals surface area contributed by atoms with E-state index in [-0.39, 0.29) is 11.7 Å². The SMILES string of the molecule is CCn1c(CCc2ccccc2)nnc1SCC(=O)Nc1nc(-c2ccc(Cl)cc2)cs1. The highest BCUT2D eigenvalue weighted by Crippen LogP contribution is 2.26. The van der Waals surface area contributed by atoms with Crippen molar-refractivity contribution in [2.24, 2.45) is 0 Å². The Balaban J connectivity index is 1.32. The quantitative estimate of drug-likeness (QED) is 0.314. The van der Waals surface area contributed by atoms with Gasteiger partial charge in [0, 0.05) is 28.9 Å². The minimum Gasteiger partial charge on any atom is -0.306 e. The zero-order chi connectivity index (χ0) is 22.3. The molecule has 32 heavy (non-hydrogen) atoms. The normalized spacial score (nSPS) is 10.9. The number of benzene rings is 2. The summed E-state index contributed by atoms with van der Waals surface area (Å²) in [6.45, 7) is 2.82. The molecule has 6 nitrogen and oxygen atoms in total. The number of aryl methyl sites for hydroxylation is 2. The number of carbonyl (C=O) groups excluding carboxylic acids is 1. The van der Waals surface area contributed by atoms with Crippen molar-refractivity contribution in [3.8, 4) is 11.3 Å². The third-order valence-corrected chi connectivity index (χ3v) is 6.79. The minimum absolute atomic E-state index is 0.122. The molecule has 164 valence electrons. The highest BCUT2D eigenvalue weighted by Gasteiger charge is 2.14. The summed E-state index contributed by atoms with van der Waals surface area (Å²) >= 11 is 8.72. The van der Waals surface area contributed by atoms with Crippen LogP contribution in [0.25, 0.3) is 11.3 Å². The van der Waals surface area contributed by atoms with Gasteiger partial charge < -0.3 is 9.88 Å². The summed E-state index contributed by atoms with van der Waals surface area (Å²) < 4.78 is 2.07. The van der Waals surface area contributed by atoms with Gasteiger partial charge in [0.2, 0.25) is 5.91 Å². The third kappa shape index (κ3) is 5.76. The van der Waals surface area contributed by atoms with Crippen molar-refractivity contribution >= 4 is 45.7 Å². The molecule has 0 bridgehead atoms. The van der Waals surface area contributed by atoms with Crippen LogP contribution in [-0.2, 0) is 24.2 Å². The van der Waals surface area contributed by atoms with Crippen LogP contribution in [0.5, 0.6) is 0 Å². The molecule has 2 aromatic heterocycles. The molecule has 2 heterocycles. The van der Waals surface area contributed by atoms with Crippen molar-refractivity contribution in [1.82, 2.24) is 19.7 Å². The van der Waals surface area contributed by atoms with Crippen LogP contribution in [-0.4, -0.2) is 31.4 Å². The topological polar surface area (TPSA) is 72.7 Å². The number of hydrogen-bond donors (Lipinski definition) is 1. The van der Waals surface area contributed by atoms with Gasteiger partial charge in [-0.25, -0.2) is 4.98 Å². The Morgan fingerprint density at radius 3 is 2.62 bits per heavy atom. The van der Waals surface area contributed by atoms with Gasteiger partial charge in [-0.15, -0.1) is 21.5 Å². The lowest BCUT2D eigenvalue weighted by Gasteiger charge is -2.07. The number of thiazole rings is 1. The van der Waals surface area contributed by atoms with E-state index in [2.05, 4.69) is 44.1 Å². The first-order valence-electron chi connectivity index (χ1n) is 10.2. The lowest BCUT2D eigenvalue weighted by Crippen LogP contribution is -2.14. The number of carbonyl (C=O) groups is 1. The van der Waals surface area contributed by atoms with Gasteiger partial charge in [0.15, 0.2) is 10.3 Å². The van der Waals surface area contributed by atoms with Gasteiger partial charge in [0.05, 0.1) is 11.4 Å². The molecule has 0 spiro atoms. The van der Waals surface area contributed by atoms with E-state index < -0.39 is 0 Å². The monoisotopic (exact) mass is 483 g/mol. The van der Waals surface area contributed by atoms with Gasteiger partial charge in [0.1, 0.15) is 5.82 Å². The Bertz CT molecular complexity index is 1170. The Hall–Kier alpha value is -2.68. The van der Waals surface area contributed by atoms with Crippen LogP contribution in [0.4, 0.5) is 5.13 Å². The molecular formula is C23H22ClN5OS2. The molecule has 0 aliphatic rings. The van der Waals surface area contributed by atoms with Gasteiger partial charge in [-0.05, 0) is 31.0 Å². The molecule has 0 atom stereocenters. The molecule has 1 amide bonds. The van der Waals surface area contributed by atoms with Crippen molar-refractivity contribution in [1.29, 1.82) is 0 Å². The van der Waals surface area contributed by atoms with Crippen LogP contribution in [0.15, 0.2) is 65.1 Å². The third-order valence-electron chi connectivity index (χ3n) is 4.81. The molecule has 0 radical (unpaired) electrons. The number of nitrogens with zero attached hydrogens (tertiary/aromatic N) is 4. The number of aromatic nitrogens is 4. The molecular weight excluding hydrogens is 462 g/mol. The molecule has 1 N–H and O–H groups in total. The van der Waals surface area contributed by atoms with E-state index >= 15 is 0 Å². The van der Waals surface area contributed by atoms with Gasteiger partial charge in [-0.1, -0.05) is 65.8 Å². The van der Waals surface area contributed by atoms with Crippen LogP contribution < -0.4 is 5.32 Å². The van der Waals surface area contributed by atoms with E-state index in [1.807, 2.05) is 47.8 Å². The fraction of sp³-hybridized carbons (Fsp3) is 0.217. The Morgan fingerprint density at radius 2 is 1.88 bits per heavy atom. The number of rotatable bonds is 9. The van der Waals surface area contributed by atoms with E-state index in [4.69, 9.17) is 11.6 Å². The Kier molecular flexibility index (Phi) is 7.57. The number of hydrogen-bond acceptors (Lipinski definition) is 6. The molecule has 0 fully saturated rings. The van der Waals surface area contributed by atoms with Crippen molar-refractivity contribution in [2.45, 2.75) is 31.5 Å². The summed E-state index contributed by atoms with van der Waals surface area (Å²) in [5.41, 5.74) is 3.04. The van der Waals surface area contributed by atoms with E-state index in [0.717, 1.165) is 41.6 Å². The van der Waals surface area contributed by atoms with Crippen molar-refractivity contribution in [2.75, 3.05) is 11.1 Å². The molecule has 0 aliphatic heterocycles. The zero-order valence-electron chi connectivity index (χ0n) is 17.5. The second-order valence-corrected chi connectivity index (χ2v) is 9.25. The predicted molar refractivity (Wildman–Crippen MR) is 131 cm³/mol. The smallest absolute Gasteiger partial charge is 0.236 e. The lowest BCUT2D eigenvalue weighted by molar-refractivity contribution is -0.113. The summed E-state index contributed by atoms with van der Waals surface area (Å²) in [5.74, 6) is 1.06. The lowest BCUT2D eigenvalue weighted by atomic mass is 10.1. The minimum atomic E-state index is -0.122. The molecule has 0 saturated heterocycles.